The number of benzene rings is 2. The van der Waals surface area contributed by atoms with Crippen LogP contribution in [0.15, 0.2) is 18.2 Å². The maximum Gasteiger partial charge on any atom is 0.227 e. The van der Waals surface area contributed by atoms with Crippen molar-refractivity contribution in [3.05, 3.63) is 46.3 Å². The zero-order valence-corrected chi connectivity index (χ0v) is 23.7. The minimum absolute atomic E-state index is 0. The molecule has 0 radical (unpaired) electrons. The summed E-state index contributed by atoms with van der Waals surface area (Å²) in [6.07, 6.45) is 1.20. The molecule has 1 saturated heterocycles. The van der Waals surface area contributed by atoms with Crippen molar-refractivity contribution in [2.45, 2.75) is 45.6 Å². The number of nitrogens with zero attached hydrogens (tertiary/aromatic N) is 2. The summed E-state index contributed by atoms with van der Waals surface area (Å²) in [4.78, 5) is 29.3. The highest BCUT2D eigenvalue weighted by molar-refractivity contribution is 8.93. The first-order valence-electron chi connectivity index (χ1n) is 11.8. The molecule has 2 aromatic carbocycles. The molecule has 0 aromatic heterocycles. The van der Waals surface area contributed by atoms with E-state index in [1.807, 2.05) is 20.8 Å². The van der Waals surface area contributed by atoms with Crippen LogP contribution in [0.5, 0.6) is 17.2 Å². The van der Waals surface area contributed by atoms with Gasteiger partial charge in [-0.25, -0.2) is 4.39 Å². The number of hydrogen-bond donors (Lipinski definition) is 1. The van der Waals surface area contributed by atoms with Crippen LogP contribution in [0, 0.1) is 11.2 Å². The number of nitrogens with one attached hydrogen (secondary N) is 1. The molecule has 2 aliphatic heterocycles. The van der Waals surface area contributed by atoms with Gasteiger partial charge in [0.1, 0.15) is 11.6 Å². The Kier molecular flexibility index (Phi) is 8.21. The molecule has 1 amide bonds. The number of amides is 1. The zero-order valence-electron chi connectivity index (χ0n) is 22.0. The van der Waals surface area contributed by atoms with Crippen LogP contribution in [0.2, 0.25) is 0 Å². The number of methoxy groups -OCH3 is 3. The Morgan fingerprint density at radius 1 is 1.08 bits per heavy atom. The standard InChI is InChI=1S/C27H32FN3O5.BrH/c1-27(2,3)17-10-15(11-18(24(17)35-5)31-9-7-8-21(31)33)19(32)14-30-13-16-12-20(34-4)25(36-6)23(28)22(16)26(30)29;/h10-12,29H,7-9,13-14H2,1-6H3;1H. The van der Waals surface area contributed by atoms with Gasteiger partial charge in [0.2, 0.25) is 5.91 Å². The maximum atomic E-state index is 15.1. The third kappa shape index (κ3) is 5.03. The van der Waals surface area contributed by atoms with E-state index in [0.717, 1.165) is 12.0 Å². The topological polar surface area (TPSA) is 92.2 Å². The van der Waals surface area contributed by atoms with Gasteiger partial charge >= 0.3 is 0 Å². The van der Waals surface area contributed by atoms with Gasteiger partial charge in [-0.3, -0.25) is 15.0 Å². The Balaban J connectivity index is 0.00000380. The van der Waals surface area contributed by atoms with Crippen molar-refractivity contribution in [1.82, 2.24) is 4.90 Å². The Labute approximate surface area is 226 Å². The first-order chi connectivity index (χ1) is 17.0. The van der Waals surface area contributed by atoms with E-state index in [9.17, 15) is 9.59 Å². The molecule has 200 valence electrons. The van der Waals surface area contributed by atoms with Crippen LogP contribution in [0.25, 0.3) is 0 Å². The second-order valence-corrected chi connectivity index (χ2v) is 10.1. The number of carbonyl (C=O) groups is 2. The molecule has 0 spiro atoms. The molecule has 0 atom stereocenters. The Bertz CT molecular complexity index is 1260. The molecule has 4 rings (SSSR count). The summed E-state index contributed by atoms with van der Waals surface area (Å²) in [5.74, 6) is -0.270. The van der Waals surface area contributed by atoms with Gasteiger partial charge in [-0.15, -0.1) is 17.0 Å². The summed E-state index contributed by atoms with van der Waals surface area (Å²) in [5.41, 5.74) is 2.11. The molecule has 8 nitrogen and oxygen atoms in total. The number of halogens is 2. The fraction of sp³-hybridized carbons (Fsp3) is 0.444. The fourth-order valence-corrected chi connectivity index (χ4v) is 4.87. The average Bonchev–Trinajstić information content (AvgIpc) is 3.39. The molecule has 0 unspecified atom stereocenters. The Hall–Kier alpha value is -3.14. The number of amidine groups is 1. The minimum Gasteiger partial charge on any atom is -0.494 e. The molecule has 1 fully saturated rings. The lowest BCUT2D eigenvalue weighted by atomic mass is 9.84. The molecule has 0 bridgehead atoms. The number of rotatable bonds is 7. The van der Waals surface area contributed by atoms with Gasteiger partial charge in [-0.2, -0.15) is 0 Å². The molecule has 2 heterocycles. The van der Waals surface area contributed by atoms with E-state index in [1.165, 1.54) is 19.1 Å². The lowest BCUT2D eigenvalue weighted by Crippen LogP contribution is -2.31. The van der Waals surface area contributed by atoms with Crippen LogP contribution < -0.4 is 19.1 Å². The van der Waals surface area contributed by atoms with Gasteiger partial charge < -0.3 is 24.0 Å². The van der Waals surface area contributed by atoms with Crippen molar-refractivity contribution >= 4 is 40.2 Å². The predicted octanol–water partition coefficient (Wildman–Crippen LogP) is 4.88. The molecular formula is C27H33BrFN3O5. The molecule has 10 heteroatoms. The number of carbonyl (C=O) groups excluding carboxylic acids is 2. The minimum atomic E-state index is -0.680. The quantitative estimate of drug-likeness (QED) is 0.472. The van der Waals surface area contributed by atoms with Crippen molar-refractivity contribution in [2.24, 2.45) is 0 Å². The summed E-state index contributed by atoms with van der Waals surface area (Å²) >= 11 is 0. The van der Waals surface area contributed by atoms with Gasteiger partial charge in [0.15, 0.2) is 23.1 Å². The fourth-order valence-electron chi connectivity index (χ4n) is 4.87. The van der Waals surface area contributed by atoms with Crippen LogP contribution in [0.3, 0.4) is 0 Å². The largest absolute Gasteiger partial charge is 0.494 e. The molecule has 0 aliphatic carbocycles. The predicted molar refractivity (Wildman–Crippen MR) is 145 cm³/mol. The van der Waals surface area contributed by atoms with Crippen LogP contribution in [-0.2, 0) is 16.8 Å². The first-order valence-corrected chi connectivity index (χ1v) is 11.8. The number of ether oxygens (including phenoxy) is 3. The number of anilines is 1. The van der Waals surface area contributed by atoms with Crippen LogP contribution in [0.1, 0.15) is 60.7 Å². The molecule has 2 aromatic rings. The Morgan fingerprint density at radius 2 is 1.76 bits per heavy atom. The van der Waals surface area contributed by atoms with Crippen LogP contribution >= 0.6 is 17.0 Å². The summed E-state index contributed by atoms with van der Waals surface area (Å²) in [5, 5.41) is 8.56. The Morgan fingerprint density at radius 3 is 2.30 bits per heavy atom. The lowest BCUT2D eigenvalue weighted by Gasteiger charge is -2.28. The average molecular weight is 578 g/mol. The van der Waals surface area contributed by atoms with E-state index in [0.29, 0.717) is 35.5 Å². The summed E-state index contributed by atoms with van der Waals surface area (Å²) in [6.45, 7) is 6.68. The first kappa shape index (κ1) is 28.4. The molecule has 1 N–H and O–H groups in total. The van der Waals surface area contributed by atoms with Crippen molar-refractivity contribution in [2.75, 3.05) is 39.3 Å². The van der Waals surface area contributed by atoms with Crippen molar-refractivity contribution in [3.8, 4) is 17.2 Å². The highest BCUT2D eigenvalue weighted by atomic mass is 79.9. The van der Waals surface area contributed by atoms with E-state index >= 15 is 4.39 Å². The van der Waals surface area contributed by atoms with Crippen molar-refractivity contribution in [3.63, 3.8) is 0 Å². The number of fused-ring (bicyclic) bond motifs is 1. The van der Waals surface area contributed by atoms with E-state index in [4.69, 9.17) is 19.6 Å². The van der Waals surface area contributed by atoms with E-state index in [-0.39, 0.29) is 70.1 Å². The van der Waals surface area contributed by atoms with Gasteiger partial charge in [0.25, 0.3) is 0 Å². The second-order valence-electron chi connectivity index (χ2n) is 10.1. The normalized spacial score (nSPS) is 15.0. The van der Waals surface area contributed by atoms with Gasteiger partial charge in [0.05, 0.1) is 39.1 Å². The summed E-state index contributed by atoms with van der Waals surface area (Å²) < 4.78 is 31.2. The molecule has 37 heavy (non-hydrogen) atoms. The SMILES string of the molecule is Br.COc1cc2c(c(F)c1OC)C(=N)N(CC(=O)c1cc(N3CCCC3=O)c(OC)c(C(C)(C)C)c1)C2. The zero-order chi connectivity index (χ0) is 26.4. The number of hydrogen-bond acceptors (Lipinski definition) is 6. The molecule has 0 saturated carbocycles. The molecular weight excluding hydrogens is 545 g/mol. The van der Waals surface area contributed by atoms with E-state index < -0.39 is 5.82 Å². The monoisotopic (exact) mass is 577 g/mol. The van der Waals surface area contributed by atoms with Gasteiger partial charge in [-0.1, -0.05) is 20.8 Å². The van der Waals surface area contributed by atoms with Gasteiger partial charge in [-0.05, 0) is 35.6 Å². The van der Waals surface area contributed by atoms with Crippen molar-refractivity contribution in [1.29, 1.82) is 5.41 Å². The van der Waals surface area contributed by atoms with Gasteiger partial charge in [0, 0.05) is 30.6 Å². The molecule has 2 aliphatic rings. The smallest absolute Gasteiger partial charge is 0.227 e. The lowest BCUT2D eigenvalue weighted by molar-refractivity contribution is -0.117. The van der Waals surface area contributed by atoms with Crippen LogP contribution in [-0.4, -0.2) is 56.8 Å². The number of ketones is 1. The van der Waals surface area contributed by atoms with E-state index in [1.54, 1.807) is 30.2 Å². The second kappa shape index (κ2) is 10.7. The number of Topliss-reactive ketones (excluding diaryl/α,β-unsaturated/α-hetero) is 1. The maximum absolute atomic E-state index is 15.1. The van der Waals surface area contributed by atoms with Crippen molar-refractivity contribution < 1.29 is 28.2 Å². The third-order valence-electron chi connectivity index (χ3n) is 6.71. The summed E-state index contributed by atoms with van der Waals surface area (Å²) in [7, 11) is 4.33. The highest BCUT2D eigenvalue weighted by Gasteiger charge is 2.34. The van der Waals surface area contributed by atoms with Crippen LogP contribution in [0.4, 0.5) is 10.1 Å². The summed E-state index contributed by atoms with van der Waals surface area (Å²) in [6, 6.07) is 5.13. The van der Waals surface area contributed by atoms with E-state index in [2.05, 4.69) is 0 Å². The highest BCUT2D eigenvalue weighted by Crippen LogP contribution is 2.42. The third-order valence-corrected chi connectivity index (χ3v) is 6.71.